The van der Waals surface area contributed by atoms with Crippen molar-refractivity contribution in [2.75, 3.05) is 32.0 Å². The molecule has 186 valence electrons. The quantitative estimate of drug-likeness (QED) is 0.515. The van der Waals surface area contributed by atoms with E-state index in [0.717, 1.165) is 44.9 Å². The molecule has 0 amide bonds. The number of carbonyl (C=O) groups excluding carboxylic acids is 2. The van der Waals surface area contributed by atoms with Gasteiger partial charge in [0, 0.05) is 41.7 Å². The minimum absolute atomic E-state index is 0.180. The lowest BCUT2D eigenvalue weighted by atomic mass is 9.91. The molecular formula is C28H34N2O5. The molecule has 2 aromatic carbocycles. The first-order chi connectivity index (χ1) is 16.6. The average molecular weight is 479 g/mol. The van der Waals surface area contributed by atoms with E-state index in [4.69, 9.17) is 14.2 Å². The van der Waals surface area contributed by atoms with Gasteiger partial charge in [0.2, 0.25) is 0 Å². The molecule has 0 aliphatic heterocycles. The van der Waals surface area contributed by atoms with Crippen molar-refractivity contribution >= 4 is 23.3 Å². The lowest BCUT2D eigenvalue weighted by Crippen LogP contribution is -2.24. The second kappa shape index (κ2) is 10.7. The number of benzene rings is 2. The fourth-order valence-electron chi connectivity index (χ4n) is 4.53. The van der Waals surface area contributed by atoms with Crippen LogP contribution in [0.5, 0.6) is 5.75 Å². The molecule has 1 aliphatic rings. The predicted octanol–water partition coefficient (Wildman–Crippen LogP) is 5.41. The van der Waals surface area contributed by atoms with Gasteiger partial charge < -0.3 is 24.8 Å². The average Bonchev–Trinajstić information content (AvgIpc) is 2.82. The first kappa shape index (κ1) is 25.9. The summed E-state index contributed by atoms with van der Waals surface area (Å²) < 4.78 is 15.7. The molecule has 7 heteroatoms. The van der Waals surface area contributed by atoms with E-state index in [1.54, 1.807) is 7.11 Å². The summed E-state index contributed by atoms with van der Waals surface area (Å²) in [4.78, 5) is 25.7. The summed E-state index contributed by atoms with van der Waals surface area (Å²) in [5.41, 5.74) is 9.06. The number of nitrogens with one attached hydrogen (secondary N) is 2. The van der Waals surface area contributed by atoms with Gasteiger partial charge in [0.05, 0.1) is 32.5 Å². The van der Waals surface area contributed by atoms with Crippen LogP contribution in [0.3, 0.4) is 0 Å². The lowest BCUT2D eigenvalue weighted by molar-refractivity contribution is -0.137. The van der Waals surface area contributed by atoms with Crippen LogP contribution in [-0.2, 0) is 19.1 Å². The molecule has 3 rings (SSSR count). The third kappa shape index (κ3) is 5.50. The number of methoxy groups -OCH3 is 3. The standard InChI is InChI=1S/C28H34N2O5/c1-15-9-18(4)26(19(5)10-15)30-24-13-20(27(31)34-7)23(12-21(24)28(32)35-8)29-22-14-25(33-6)17(3)11-16(22)2/h9-11,14,29-30H,12-13H2,1-8H3. The Morgan fingerprint density at radius 2 is 1.20 bits per heavy atom. The van der Waals surface area contributed by atoms with Crippen LogP contribution in [0, 0.1) is 34.6 Å². The van der Waals surface area contributed by atoms with E-state index >= 15 is 0 Å². The Labute approximate surface area is 207 Å². The lowest BCUT2D eigenvalue weighted by Gasteiger charge is -2.27. The highest BCUT2D eigenvalue weighted by molar-refractivity contribution is 5.96. The van der Waals surface area contributed by atoms with Gasteiger partial charge in [-0.1, -0.05) is 23.8 Å². The normalized spacial score (nSPS) is 13.5. The topological polar surface area (TPSA) is 85.9 Å². The number of hydrogen-bond donors (Lipinski definition) is 2. The van der Waals surface area contributed by atoms with Gasteiger partial charge in [-0.15, -0.1) is 0 Å². The highest BCUT2D eigenvalue weighted by Crippen LogP contribution is 2.36. The first-order valence-electron chi connectivity index (χ1n) is 11.5. The molecule has 35 heavy (non-hydrogen) atoms. The Bertz CT molecular complexity index is 1220. The molecule has 0 saturated heterocycles. The van der Waals surface area contributed by atoms with Crippen LogP contribution < -0.4 is 15.4 Å². The van der Waals surface area contributed by atoms with E-state index < -0.39 is 11.9 Å². The molecule has 0 fully saturated rings. The molecule has 0 spiro atoms. The van der Waals surface area contributed by atoms with Gasteiger partial charge in [-0.25, -0.2) is 9.59 Å². The Morgan fingerprint density at radius 1 is 0.686 bits per heavy atom. The zero-order chi connectivity index (χ0) is 25.9. The van der Waals surface area contributed by atoms with Crippen molar-refractivity contribution < 1.29 is 23.8 Å². The van der Waals surface area contributed by atoms with Crippen LogP contribution in [-0.4, -0.2) is 33.3 Å². The molecule has 0 saturated carbocycles. The van der Waals surface area contributed by atoms with Gasteiger partial charge in [-0.2, -0.15) is 0 Å². The van der Waals surface area contributed by atoms with Crippen LogP contribution in [0.2, 0.25) is 0 Å². The number of rotatable bonds is 7. The Balaban J connectivity index is 2.07. The van der Waals surface area contributed by atoms with E-state index in [1.807, 2.05) is 46.8 Å². The summed E-state index contributed by atoms with van der Waals surface area (Å²) in [6, 6.07) is 8.05. The first-order valence-corrected chi connectivity index (χ1v) is 11.5. The zero-order valence-corrected chi connectivity index (χ0v) is 21.8. The molecule has 2 N–H and O–H groups in total. The van der Waals surface area contributed by atoms with Gasteiger partial charge in [0.1, 0.15) is 5.75 Å². The molecular weight excluding hydrogens is 444 g/mol. The van der Waals surface area contributed by atoms with E-state index in [-0.39, 0.29) is 12.8 Å². The minimum Gasteiger partial charge on any atom is -0.496 e. The third-order valence-electron chi connectivity index (χ3n) is 6.28. The van der Waals surface area contributed by atoms with Gasteiger partial charge >= 0.3 is 11.9 Å². The molecule has 0 bridgehead atoms. The van der Waals surface area contributed by atoms with Crippen molar-refractivity contribution in [3.8, 4) is 5.75 Å². The molecule has 0 atom stereocenters. The van der Waals surface area contributed by atoms with E-state index in [2.05, 4.69) is 22.8 Å². The van der Waals surface area contributed by atoms with Gasteiger partial charge in [-0.05, 0) is 56.9 Å². The Hall–Kier alpha value is -3.74. The molecule has 0 heterocycles. The smallest absolute Gasteiger partial charge is 0.335 e. The second-order valence-electron chi connectivity index (χ2n) is 8.91. The molecule has 1 aliphatic carbocycles. The highest BCUT2D eigenvalue weighted by Gasteiger charge is 2.30. The van der Waals surface area contributed by atoms with Crippen molar-refractivity contribution in [1.29, 1.82) is 0 Å². The fraction of sp³-hybridized carbons (Fsp3) is 0.357. The van der Waals surface area contributed by atoms with Crippen LogP contribution in [0.4, 0.5) is 11.4 Å². The summed E-state index contributed by atoms with van der Waals surface area (Å²) in [6.45, 7) is 10.0. The number of ether oxygens (including phenoxy) is 3. The maximum absolute atomic E-state index is 12.8. The van der Waals surface area contributed by atoms with Gasteiger partial charge in [0.15, 0.2) is 0 Å². The van der Waals surface area contributed by atoms with Crippen LogP contribution in [0.25, 0.3) is 0 Å². The number of anilines is 2. The molecule has 0 radical (unpaired) electrons. The largest absolute Gasteiger partial charge is 0.496 e. The monoisotopic (exact) mass is 478 g/mol. The van der Waals surface area contributed by atoms with Gasteiger partial charge in [0.25, 0.3) is 0 Å². The van der Waals surface area contributed by atoms with Crippen molar-refractivity contribution in [2.45, 2.75) is 47.5 Å². The zero-order valence-electron chi connectivity index (χ0n) is 21.8. The fourth-order valence-corrected chi connectivity index (χ4v) is 4.53. The van der Waals surface area contributed by atoms with Crippen molar-refractivity contribution in [1.82, 2.24) is 0 Å². The molecule has 2 aromatic rings. The Morgan fingerprint density at radius 3 is 1.69 bits per heavy atom. The van der Waals surface area contributed by atoms with E-state index in [1.165, 1.54) is 14.2 Å². The van der Waals surface area contributed by atoms with Crippen molar-refractivity contribution in [3.63, 3.8) is 0 Å². The van der Waals surface area contributed by atoms with E-state index in [0.29, 0.717) is 22.5 Å². The molecule has 0 aromatic heterocycles. The summed E-state index contributed by atoms with van der Waals surface area (Å²) >= 11 is 0. The third-order valence-corrected chi connectivity index (χ3v) is 6.28. The number of allylic oxidation sites excluding steroid dienone is 2. The van der Waals surface area contributed by atoms with Crippen LogP contribution in [0.1, 0.15) is 40.7 Å². The number of hydrogen-bond acceptors (Lipinski definition) is 7. The summed E-state index contributed by atoms with van der Waals surface area (Å²) in [6.07, 6.45) is 0.368. The van der Waals surface area contributed by atoms with Crippen LogP contribution >= 0.6 is 0 Å². The van der Waals surface area contributed by atoms with Gasteiger partial charge in [-0.3, -0.25) is 0 Å². The van der Waals surface area contributed by atoms with Crippen molar-refractivity contribution in [3.05, 3.63) is 74.6 Å². The summed E-state index contributed by atoms with van der Waals surface area (Å²) in [5.74, 6) is -0.174. The number of aryl methyl sites for hydroxylation is 5. The minimum atomic E-state index is -0.454. The Kier molecular flexibility index (Phi) is 7.89. The predicted molar refractivity (Wildman–Crippen MR) is 138 cm³/mol. The number of esters is 2. The maximum atomic E-state index is 12.8. The van der Waals surface area contributed by atoms with Crippen molar-refractivity contribution in [2.24, 2.45) is 0 Å². The second-order valence-corrected chi connectivity index (χ2v) is 8.91. The van der Waals surface area contributed by atoms with Crippen LogP contribution in [0.15, 0.2) is 46.8 Å². The molecule has 0 unspecified atom stereocenters. The number of carbonyl (C=O) groups is 2. The van der Waals surface area contributed by atoms with E-state index in [9.17, 15) is 9.59 Å². The SMILES string of the molecule is COC(=O)C1=C(Nc2cc(OC)c(C)cc2C)CC(C(=O)OC)=C(Nc2c(C)cc(C)cc2C)C1. The maximum Gasteiger partial charge on any atom is 0.335 e. The highest BCUT2D eigenvalue weighted by atomic mass is 16.5. The summed E-state index contributed by atoms with van der Waals surface area (Å²) in [5, 5.41) is 6.80. The summed E-state index contributed by atoms with van der Waals surface area (Å²) in [7, 11) is 4.33. The molecule has 7 nitrogen and oxygen atoms in total.